The largest absolute Gasteiger partial charge is 0.472 e. The second kappa shape index (κ2) is 25.3. The van der Waals surface area contributed by atoms with Crippen LogP contribution < -0.4 is 5.73 Å². The highest BCUT2D eigenvalue weighted by Gasteiger charge is 2.57. The molecule has 0 spiro atoms. The Labute approximate surface area is 347 Å². The zero-order valence-electron chi connectivity index (χ0n) is 34.3. The van der Waals surface area contributed by atoms with Crippen LogP contribution in [0.2, 0.25) is 0 Å². The third-order valence-corrected chi connectivity index (χ3v) is 11.5. The minimum Gasteiger partial charge on any atom is -0.387 e. The number of aromatic nitrogens is 3. The van der Waals surface area contributed by atoms with Gasteiger partial charge in [-0.15, -0.1) is 0 Å². The Balaban J connectivity index is 1.19. The van der Waals surface area contributed by atoms with Crippen molar-refractivity contribution in [3.8, 4) is 12.1 Å². The van der Waals surface area contributed by atoms with Crippen molar-refractivity contribution in [2.24, 2.45) is 0 Å². The average Bonchev–Trinajstić information content (AvgIpc) is 3.77. The fourth-order valence-electron chi connectivity index (χ4n) is 7.17. The van der Waals surface area contributed by atoms with Gasteiger partial charge in [-0.25, -0.2) is 18.5 Å². The van der Waals surface area contributed by atoms with Crippen LogP contribution >= 0.6 is 7.82 Å². The number of nitrogens with zero attached hydrogens (tertiary/aromatic N) is 5. The quantitative estimate of drug-likeness (QED) is 0.0371. The molecule has 5 N–H and O–H groups in total. The summed E-state index contributed by atoms with van der Waals surface area (Å²) in [5, 5.41) is 45.2. The van der Waals surface area contributed by atoms with E-state index in [9.17, 15) is 34.6 Å². The molecule has 0 saturated carbocycles. The predicted molar refractivity (Wildman–Crippen MR) is 218 cm³/mol. The summed E-state index contributed by atoms with van der Waals surface area (Å²) < 4.78 is 56.4. The van der Waals surface area contributed by atoms with Crippen molar-refractivity contribution < 1.29 is 47.3 Å². The fourth-order valence-corrected chi connectivity index (χ4v) is 7.95. The average molecular weight is 845 g/mol. The van der Waals surface area contributed by atoms with E-state index in [1.54, 1.807) is 12.1 Å². The molecule has 1 aliphatic rings. The standard InChI is InChI=1S/C42H62FN6O9P/c1-2-3-4-5-6-7-8-9-10-11-12-13-14-15-16-17-18-21-54-27-35(55-26-33-22-32(25-44)23-34(43)24-33)28-56-59(52,53)57-30-42(29-45)40(51)38(50)39(58-42)36-19-20-37-41(46)47-31-48-49(36)37/h19-20,22-24,31,35,38-40,50-51H,2-18,21,26-28,30H2,1H3,(H,52,53)(H2,46,47,48)/t35-,38+,39+,40+,42-/m1/s1. The molecule has 6 atom stereocenters. The van der Waals surface area contributed by atoms with Crippen molar-refractivity contribution in [3.05, 3.63) is 59.3 Å². The molecule has 1 aromatic carbocycles. The molecule has 1 saturated heterocycles. The van der Waals surface area contributed by atoms with Gasteiger partial charge in [-0.1, -0.05) is 110 Å². The van der Waals surface area contributed by atoms with Gasteiger partial charge in [0.25, 0.3) is 0 Å². The maximum atomic E-state index is 14.1. The van der Waals surface area contributed by atoms with Gasteiger partial charge in [0.05, 0.1) is 37.1 Å². The zero-order chi connectivity index (χ0) is 42.5. The van der Waals surface area contributed by atoms with Crippen LogP contribution in [0.25, 0.3) is 5.52 Å². The van der Waals surface area contributed by atoms with E-state index in [0.29, 0.717) is 17.7 Å². The van der Waals surface area contributed by atoms with Gasteiger partial charge in [0.15, 0.2) is 5.82 Å². The van der Waals surface area contributed by atoms with Crippen LogP contribution in [0.3, 0.4) is 0 Å². The van der Waals surface area contributed by atoms with Crippen LogP contribution in [0.4, 0.5) is 10.2 Å². The SMILES string of the molecule is CCCCCCCCCCCCCCCCCCCOC[C@H](COP(=O)(O)OC[C@@]1(C#N)O[C@@H](c2ccc3c(N)ncnn23)[C@H](O)[C@@H]1O)OCc1cc(F)cc(C#N)c1. The molecule has 0 aliphatic carbocycles. The minimum absolute atomic E-state index is 0.0313. The summed E-state index contributed by atoms with van der Waals surface area (Å²) in [5.41, 5.74) is 4.75. The Bertz CT molecular complexity index is 1840. The lowest BCUT2D eigenvalue weighted by Gasteiger charge is -2.26. The maximum Gasteiger partial charge on any atom is 0.472 e. The first-order valence-electron chi connectivity index (χ1n) is 21.1. The third kappa shape index (κ3) is 15.5. The van der Waals surface area contributed by atoms with Gasteiger partial charge in [-0.3, -0.25) is 9.05 Å². The number of phosphoric ester groups is 1. The van der Waals surface area contributed by atoms with E-state index in [1.807, 2.05) is 6.07 Å². The van der Waals surface area contributed by atoms with Crippen molar-refractivity contribution in [3.63, 3.8) is 0 Å². The van der Waals surface area contributed by atoms with E-state index in [-0.39, 0.29) is 30.3 Å². The van der Waals surface area contributed by atoms with E-state index in [2.05, 4.69) is 17.0 Å². The van der Waals surface area contributed by atoms with Gasteiger partial charge in [0.2, 0.25) is 5.60 Å². The monoisotopic (exact) mass is 844 g/mol. The van der Waals surface area contributed by atoms with Crippen LogP contribution in [-0.2, 0) is 34.4 Å². The summed E-state index contributed by atoms with van der Waals surface area (Å²) in [6.07, 6.45) is 16.9. The molecule has 15 nitrogen and oxygen atoms in total. The first-order chi connectivity index (χ1) is 28.5. The van der Waals surface area contributed by atoms with Crippen molar-refractivity contribution >= 4 is 19.2 Å². The first kappa shape index (κ1) is 48.1. The van der Waals surface area contributed by atoms with Crippen LogP contribution in [0.5, 0.6) is 0 Å². The molecule has 0 amide bonds. The Kier molecular flexibility index (Phi) is 20.6. The summed E-state index contributed by atoms with van der Waals surface area (Å²) in [4.78, 5) is 14.5. The maximum absolute atomic E-state index is 14.1. The number of hydrogen-bond donors (Lipinski definition) is 4. The highest BCUT2D eigenvalue weighted by Crippen LogP contribution is 2.47. The van der Waals surface area contributed by atoms with Gasteiger partial charge in [-0.2, -0.15) is 15.6 Å². The number of halogens is 1. The molecule has 326 valence electrons. The van der Waals surface area contributed by atoms with Gasteiger partial charge >= 0.3 is 7.82 Å². The van der Waals surface area contributed by atoms with E-state index in [0.717, 1.165) is 25.3 Å². The Morgan fingerprint density at radius 2 is 1.56 bits per heavy atom. The Morgan fingerprint density at radius 3 is 2.17 bits per heavy atom. The van der Waals surface area contributed by atoms with Gasteiger partial charge < -0.3 is 35.1 Å². The number of ether oxygens (including phenoxy) is 3. The van der Waals surface area contributed by atoms with Crippen LogP contribution in [-0.4, -0.2) is 80.0 Å². The predicted octanol–water partition coefficient (Wildman–Crippen LogP) is 7.76. The molecule has 3 aromatic rings. The van der Waals surface area contributed by atoms with E-state index < -0.39 is 56.9 Å². The van der Waals surface area contributed by atoms with Crippen LogP contribution in [0, 0.1) is 28.5 Å². The molecule has 59 heavy (non-hydrogen) atoms. The van der Waals surface area contributed by atoms with Crippen LogP contribution in [0.15, 0.2) is 36.7 Å². The molecule has 3 heterocycles. The Morgan fingerprint density at radius 1 is 0.932 bits per heavy atom. The molecule has 1 unspecified atom stereocenters. The number of aliphatic hydroxyl groups excluding tert-OH is 2. The molecule has 0 radical (unpaired) electrons. The lowest BCUT2D eigenvalue weighted by Crippen LogP contribution is -2.45. The number of rotatable bonds is 30. The smallest absolute Gasteiger partial charge is 0.387 e. The zero-order valence-corrected chi connectivity index (χ0v) is 35.2. The molecular formula is C42H62FN6O9P. The molecule has 1 fully saturated rings. The minimum atomic E-state index is -4.93. The van der Waals surface area contributed by atoms with E-state index >= 15 is 0 Å². The molecule has 1 aliphatic heterocycles. The number of nitrogen functional groups attached to an aromatic ring is 1. The number of benzene rings is 1. The first-order valence-corrected chi connectivity index (χ1v) is 22.6. The summed E-state index contributed by atoms with van der Waals surface area (Å²) in [6, 6.07) is 10.5. The van der Waals surface area contributed by atoms with E-state index in [4.69, 9.17) is 29.0 Å². The number of anilines is 1. The normalized spacial score (nSPS) is 20.7. The number of hydrogen-bond acceptors (Lipinski definition) is 13. The molecule has 17 heteroatoms. The number of aliphatic hydroxyl groups is 2. The van der Waals surface area contributed by atoms with Gasteiger partial charge in [-0.05, 0) is 42.3 Å². The number of fused-ring (bicyclic) bond motifs is 1. The molecular weight excluding hydrogens is 782 g/mol. The van der Waals surface area contributed by atoms with Crippen molar-refractivity contribution in [2.45, 2.75) is 153 Å². The number of unbranched alkanes of at least 4 members (excludes halogenated alkanes) is 16. The second-order valence-electron chi connectivity index (χ2n) is 15.3. The summed E-state index contributed by atoms with van der Waals surface area (Å²) >= 11 is 0. The van der Waals surface area contributed by atoms with Gasteiger partial charge in [0.1, 0.15) is 54.8 Å². The van der Waals surface area contributed by atoms with Crippen molar-refractivity contribution in [1.82, 2.24) is 14.6 Å². The van der Waals surface area contributed by atoms with Crippen molar-refractivity contribution in [1.29, 1.82) is 10.5 Å². The second-order valence-corrected chi connectivity index (χ2v) is 16.8. The highest BCUT2D eigenvalue weighted by atomic mass is 31.2. The third-order valence-electron chi connectivity index (χ3n) is 10.6. The van der Waals surface area contributed by atoms with Crippen LogP contribution in [0.1, 0.15) is 139 Å². The fraction of sp³-hybridized carbons (Fsp3) is 0.667. The number of nitriles is 2. The molecule has 4 rings (SSSR count). The number of nitrogens with two attached hydrogens (primary N) is 1. The highest BCUT2D eigenvalue weighted by molar-refractivity contribution is 7.47. The molecule has 2 aromatic heterocycles. The topological polar surface area (TPSA) is 228 Å². The lowest BCUT2D eigenvalue weighted by atomic mass is 9.96. The Hall–Kier alpha value is -3.54. The summed E-state index contributed by atoms with van der Waals surface area (Å²) in [7, 11) is -4.93. The summed E-state index contributed by atoms with van der Waals surface area (Å²) in [5.74, 6) is -0.463. The summed E-state index contributed by atoms with van der Waals surface area (Å²) in [6.45, 7) is 1.04. The lowest BCUT2D eigenvalue weighted by molar-refractivity contribution is -0.0790. The van der Waals surface area contributed by atoms with Crippen molar-refractivity contribution in [2.75, 3.05) is 32.2 Å². The number of phosphoric acid groups is 1. The molecule has 0 bridgehead atoms. The van der Waals surface area contributed by atoms with E-state index in [1.165, 1.54) is 119 Å². The van der Waals surface area contributed by atoms with Gasteiger partial charge in [0, 0.05) is 6.61 Å².